The second-order valence-electron chi connectivity index (χ2n) is 3.55. The van der Waals surface area contributed by atoms with E-state index in [9.17, 15) is 4.79 Å². The molecule has 0 aliphatic carbocycles. The van der Waals surface area contributed by atoms with Crippen LogP contribution in [0, 0.1) is 5.92 Å². The van der Waals surface area contributed by atoms with E-state index in [2.05, 4.69) is 4.74 Å². The summed E-state index contributed by atoms with van der Waals surface area (Å²) in [4.78, 5) is 11.0. The van der Waals surface area contributed by atoms with Gasteiger partial charge in [0.1, 0.15) is 0 Å². The normalized spacial score (nSPS) is 24.3. The smallest absolute Gasteiger partial charge is 0.310 e. The van der Waals surface area contributed by atoms with E-state index in [1.54, 1.807) is 6.92 Å². The van der Waals surface area contributed by atoms with Gasteiger partial charge in [-0.2, -0.15) is 0 Å². The Morgan fingerprint density at radius 1 is 1.57 bits per heavy atom. The molecule has 0 aromatic rings. The number of ether oxygens (including phenoxy) is 3. The molecule has 4 nitrogen and oxygen atoms in total. The summed E-state index contributed by atoms with van der Waals surface area (Å²) < 4.78 is 15.4. The average Bonchev–Trinajstić information content (AvgIpc) is 2.26. The van der Waals surface area contributed by atoms with Crippen molar-refractivity contribution in [3.8, 4) is 0 Å². The van der Waals surface area contributed by atoms with Crippen molar-refractivity contribution in [3.05, 3.63) is 0 Å². The number of hydrogen-bond donors (Lipinski definition) is 0. The Hall–Kier alpha value is -0.610. The number of methoxy groups -OCH3 is 1. The number of rotatable bonds is 4. The highest BCUT2D eigenvalue weighted by molar-refractivity contribution is 5.71. The summed E-state index contributed by atoms with van der Waals surface area (Å²) in [5.41, 5.74) is 0. The summed E-state index contributed by atoms with van der Waals surface area (Å²) in [5.74, 6) is -0.452. The fourth-order valence-corrected chi connectivity index (χ4v) is 1.36. The fraction of sp³-hybridized carbons (Fsp3) is 0.900. The standard InChI is InChI=1S/C10H18O4/c1-8(10(11)12-2)7-14-9-5-3-4-6-13-9/h8-9H,3-7H2,1-2H3/t8-,9+/m1/s1. The minimum Gasteiger partial charge on any atom is -0.469 e. The van der Waals surface area contributed by atoms with Crippen LogP contribution < -0.4 is 0 Å². The summed E-state index contributed by atoms with van der Waals surface area (Å²) in [7, 11) is 1.38. The fourth-order valence-electron chi connectivity index (χ4n) is 1.36. The summed E-state index contributed by atoms with van der Waals surface area (Å²) in [6.07, 6.45) is 3.04. The van der Waals surface area contributed by atoms with Crippen molar-refractivity contribution in [1.82, 2.24) is 0 Å². The second-order valence-corrected chi connectivity index (χ2v) is 3.55. The maximum Gasteiger partial charge on any atom is 0.310 e. The molecule has 0 spiro atoms. The van der Waals surface area contributed by atoms with E-state index in [1.165, 1.54) is 7.11 Å². The molecule has 1 saturated heterocycles. The van der Waals surface area contributed by atoms with Crippen LogP contribution in [-0.2, 0) is 19.0 Å². The van der Waals surface area contributed by atoms with Crippen LogP contribution in [0.5, 0.6) is 0 Å². The number of hydrogen-bond acceptors (Lipinski definition) is 4. The van der Waals surface area contributed by atoms with E-state index in [-0.39, 0.29) is 18.2 Å². The van der Waals surface area contributed by atoms with Gasteiger partial charge in [0.15, 0.2) is 6.29 Å². The molecule has 1 rings (SSSR count). The van der Waals surface area contributed by atoms with E-state index >= 15 is 0 Å². The zero-order chi connectivity index (χ0) is 10.4. The van der Waals surface area contributed by atoms with Crippen LogP contribution in [0.1, 0.15) is 26.2 Å². The molecule has 4 heteroatoms. The molecule has 0 saturated carbocycles. The first-order valence-corrected chi connectivity index (χ1v) is 5.05. The quantitative estimate of drug-likeness (QED) is 0.645. The van der Waals surface area contributed by atoms with Crippen LogP contribution in [0.3, 0.4) is 0 Å². The van der Waals surface area contributed by atoms with Gasteiger partial charge in [-0.25, -0.2) is 0 Å². The van der Waals surface area contributed by atoms with Crippen molar-refractivity contribution in [2.45, 2.75) is 32.5 Å². The summed E-state index contributed by atoms with van der Waals surface area (Å²) in [6.45, 7) is 2.92. The zero-order valence-corrected chi connectivity index (χ0v) is 8.82. The number of carbonyl (C=O) groups excluding carboxylic acids is 1. The Morgan fingerprint density at radius 2 is 2.36 bits per heavy atom. The molecule has 0 aromatic heterocycles. The van der Waals surface area contributed by atoms with Gasteiger partial charge in [-0.15, -0.1) is 0 Å². The highest BCUT2D eigenvalue weighted by atomic mass is 16.7. The topological polar surface area (TPSA) is 44.8 Å². The van der Waals surface area contributed by atoms with Crippen molar-refractivity contribution in [2.24, 2.45) is 5.92 Å². The zero-order valence-electron chi connectivity index (χ0n) is 8.82. The molecule has 0 amide bonds. The van der Waals surface area contributed by atoms with Crippen LogP contribution in [0.15, 0.2) is 0 Å². The lowest BCUT2D eigenvalue weighted by atomic mass is 10.2. The predicted octanol–water partition coefficient (Wildman–Crippen LogP) is 1.34. The van der Waals surface area contributed by atoms with Crippen molar-refractivity contribution in [2.75, 3.05) is 20.3 Å². The average molecular weight is 202 g/mol. The number of carbonyl (C=O) groups is 1. The third-order valence-corrected chi connectivity index (χ3v) is 2.27. The molecule has 0 N–H and O–H groups in total. The van der Waals surface area contributed by atoms with E-state index < -0.39 is 0 Å². The van der Waals surface area contributed by atoms with Gasteiger partial charge in [0.2, 0.25) is 0 Å². The predicted molar refractivity (Wildman–Crippen MR) is 50.7 cm³/mol. The van der Waals surface area contributed by atoms with E-state index in [4.69, 9.17) is 9.47 Å². The van der Waals surface area contributed by atoms with Crippen LogP contribution in [0.2, 0.25) is 0 Å². The molecule has 14 heavy (non-hydrogen) atoms. The van der Waals surface area contributed by atoms with Crippen molar-refractivity contribution in [3.63, 3.8) is 0 Å². The lowest BCUT2D eigenvalue weighted by Crippen LogP contribution is -2.27. The lowest BCUT2D eigenvalue weighted by Gasteiger charge is -2.23. The monoisotopic (exact) mass is 202 g/mol. The molecule has 82 valence electrons. The van der Waals surface area contributed by atoms with Gasteiger partial charge >= 0.3 is 5.97 Å². The van der Waals surface area contributed by atoms with Crippen molar-refractivity contribution < 1.29 is 19.0 Å². The molecule has 0 bridgehead atoms. The van der Waals surface area contributed by atoms with Crippen molar-refractivity contribution >= 4 is 5.97 Å². The maximum atomic E-state index is 11.0. The van der Waals surface area contributed by atoms with Crippen LogP contribution in [-0.4, -0.2) is 32.6 Å². The molecule has 0 aromatic carbocycles. The first-order chi connectivity index (χ1) is 6.74. The minimum atomic E-state index is -0.235. The van der Waals surface area contributed by atoms with Gasteiger partial charge in [-0.3, -0.25) is 4.79 Å². The summed E-state index contributed by atoms with van der Waals surface area (Å²) in [6, 6.07) is 0. The van der Waals surface area contributed by atoms with Gasteiger partial charge in [0, 0.05) is 6.61 Å². The van der Waals surface area contributed by atoms with Gasteiger partial charge in [-0.05, 0) is 26.2 Å². The SMILES string of the molecule is COC(=O)[C@H](C)CO[C@H]1CCCCO1. The van der Waals surface area contributed by atoms with Crippen molar-refractivity contribution in [1.29, 1.82) is 0 Å². The number of esters is 1. The largest absolute Gasteiger partial charge is 0.469 e. The molecular weight excluding hydrogens is 184 g/mol. The Morgan fingerprint density at radius 3 is 2.93 bits per heavy atom. The molecule has 0 unspecified atom stereocenters. The van der Waals surface area contributed by atoms with E-state index in [0.717, 1.165) is 25.9 Å². The van der Waals surface area contributed by atoms with E-state index in [1.807, 2.05) is 0 Å². The minimum absolute atomic E-state index is 0.129. The molecular formula is C10H18O4. The van der Waals surface area contributed by atoms with Crippen LogP contribution >= 0.6 is 0 Å². The Balaban J connectivity index is 2.15. The van der Waals surface area contributed by atoms with Crippen LogP contribution in [0.4, 0.5) is 0 Å². The maximum absolute atomic E-state index is 11.0. The van der Waals surface area contributed by atoms with Gasteiger partial charge < -0.3 is 14.2 Å². The summed E-state index contributed by atoms with van der Waals surface area (Å²) >= 11 is 0. The van der Waals surface area contributed by atoms with Gasteiger partial charge in [-0.1, -0.05) is 0 Å². The molecule has 0 radical (unpaired) electrons. The first kappa shape index (κ1) is 11.5. The highest BCUT2D eigenvalue weighted by Crippen LogP contribution is 2.14. The first-order valence-electron chi connectivity index (χ1n) is 5.05. The highest BCUT2D eigenvalue weighted by Gasteiger charge is 2.18. The third kappa shape index (κ3) is 3.64. The second kappa shape index (κ2) is 5.98. The Bertz CT molecular complexity index is 175. The molecule has 1 fully saturated rings. The van der Waals surface area contributed by atoms with Gasteiger partial charge in [0.05, 0.1) is 19.6 Å². The molecule has 1 aliphatic rings. The molecule has 2 atom stereocenters. The molecule has 1 heterocycles. The van der Waals surface area contributed by atoms with Crippen LogP contribution in [0.25, 0.3) is 0 Å². The Kier molecular flexibility index (Phi) is 4.90. The summed E-state index contributed by atoms with van der Waals surface area (Å²) in [5, 5.41) is 0. The van der Waals surface area contributed by atoms with Gasteiger partial charge in [0.25, 0.3) is 0 Å². The van der Waals surface area contributed by atoms with E-state index in [0.29, 0.717) is 6.61 Å². The Labute approximate surface area is 84.5 Å². The third-order valence-electron chi connectivity index (χ3n) is 2.27. The lowest BCUT2D eigenvalue weighted by molar-refractivity contribution is -0.175. The molecule has 1 aliphatic heterocycles.